The molecule has 3 rings (SSSR count). The van der Waals surface area contributed by atoms with E-state index in [0.29, 0.717) is 17.4 Å². The van der Waals surface area contributed by atoms with Crippen molar-refractivity contribution in [3.05, 3.63) is 29.8 Å². The molecule has 1 fully saturated rings. The largest absolute Gasteiger partial charge is 0.341 e. The molecule has 0 aliphatic carbocycles. The first kappa shape index (κ1) is 17.9. The van der Waals surface area contributed by atoms with Crippen molar-refractivity contribution in [3.8, 4) is 11.4 Å². The van der Waals surface area contributed by atoms with Gasteiger partial charge < -0.3 is 4.90 Å². The number of sulfone groups is 1. The molecule has 1 amide bonds. The number of carbonyl (C=O) groups is 1. The highest BCUT2D eigenvalue weighted by molar-refractivity contribution is 7.99. The van der Waals surface area contributed by atoms with Crippen LogP contribution in [0, 0.1) is 6.92 Å². The molecule has 0 radical (unpaired) electrons. The van der Waals surface area contributed by atoms with Crippen LogP contribution in [-0.4, -0.2) is 64.8 Å². The number of thioether (sulfide) groups is 1. The molecule has 1 aromatic heterocycles. The minimum absolute atomic E-state index is 0.0537. The summed E-state index contributed by atoms with van der Waals surface area (Å²) in [6, 6.07) is 7.69. The minimum atomic E-state index is -3.00. The maximum atomic E-state index is 12.3. The first-order chi connectivity index (χ1) is 11.8. The summed E-state index contributed by atoms with van der Waals surface area (Å²) in [5, 5.41) is 7.50. The van der Waals surface area contributed by atoms with Crippen molar-refractivity contribution in [2.24, 2.45) is 0 Å². The normalized spacial score (nSPS) is 19.0. The molecule has 134 valence electrons. The van der Waals surface area contributed by atoms with Crippen LogP contribution >= 0.6 is 11.8 Å². The molecule has 25 heavy (non-hydrogen) atoms. The van der Waals surface area contributed by atoms with Crippen molar-refractivity contribution in [1.29, 1.82) is 0 Å². The zero-order valence-electron chi connectivity index (χ0n) is 14.1. The summed E-state index contributed by atoms with van der Waals surface area (Å²) < 4.78 is 23.1. The third kappa shape index (κ3) is 4.40. The van der Waals surface area contributed by atoms with Crippen LogP contribution in [0.1, 0.15) is 12.0 Å². The standard InChI is InChI=1S/C16H20N4O3S2/c1-11-3-5-12(6-4-11)15-17-16(19-18-15)24-9-14(21)20(2)13-7-8-25(22,23)10-13/h3-6,13H,7-10H2,1-2H3,(H,17,18,19)/t13-/m0/s1. The van der Waals surface area contributed by atoms with Gasteiger partial charge in [0.25, 0.3) is 0 Å². The lowest BCUT2D eigenvalue weighted by atomic mass is 10.1. The van der Waals surface area contributed by atoms with Crippen LogP contribution in [0.3, 0.4) is 0 Å². The molecule has 1 aliphatic heterocycles. The Labute approximate surface area is 151 Å². The Hall–Kier alpha value is -1.87. The summed E-state index contributed by atoms with van der Waals surface area (Å²) in [4.78, 5) is 18.2. The van der Waals surface area contributed by atoms with Gasteiger partial charge in [-0.1, -0.05) is 41.6 Å². The molecule has 1 aromatic carbocycles. The first-order valence-corrected chi connectivity index (χ1v) is 10.7. The third-order valence-corrected chi connectivity index (χ3v) is 6.85. The number of amides is 1. The molecule has 2 aromatic rings. The number of benzene rings is 1. The van der Waals surface area contributed by atoms with Crippen molar-refractivity contribution in [2.75, 3.05) is 24.3 Å². The molecule has 0 bridgehead atoms. The number of rotatable bonds is 5. The molecule has 7 nitrogen and oxygen atoms in total. The average molecular weight is 380 g/mol. The fourth-order valence-electron chi connectivity index (χ4n) is 2.66. The number of hydrogen-bond donors (Lipinski definition) is 1. The summed E-state index contributed by atoms with van der Waals surface area (Å²) >= 11 is 1.24. The Kier molecular flexibility index (Phi) is 5.14. The monoisotopic (exact) mass is 380 g/mol. The maximum absolute atomic E-state index is 12.3. The Morgan fingerprint density at radius 2 is 2.08 bits per heavy atom. The first-order valence-electron chi connectivity index (χ1n) is 7.92. The number of H-pyrrole nitrogens is 1. The van der Waals surface area contributed by atoms with E-state index in [0.717, 1.165) is 5.56 Å². The van der Waals surface area contributed by atoms with Gasteiger partial charge in [0.1, 0.15) is 0 Å². The van der Waals surface area contributed by atoms with Crippen LogP contribution in [0.4, 0.5) is 0 Å². The molecule has 0 saturated carbocycles. The van der Waals surface area contributed by atoms with Crippen LogP contribution in [0.2, 0.25) is 0 Å². The van der Waals surface area contributed by atoms with Crippen molar-refractivity contribution in [1.82, 2.24) is 20.1 Å². The summed E-state index contributed by atoms with van der Waals surface area (Å²) in [5.74, 6) is 0.929. The topological polar surface area (TPSA) is 96.0 Å². The highest BCUT2D eigenvalue weighted by Gasteiger charge is 2.32. The predicted octanol–water partition coefficient (Wildman–Crippen LogP) is 1.52. The molecule has 9 heteroatoms. The quantitative estimate of drug-likeness (QED) is 0.790. The number of aromatic amines is 1. The number of carbonyl (C=O) groups excluding carboxylic acids is 1. The summed E-state index contributed by atoms with van der Waals surface area (Å²) in [6.07, 6.45) is 0.507. The molecular weight excluding hydrogens is 360 g/mol. The van der Waals surface area contributed by atoms with E-state index in [1.807, 2.05) is 31.2 Å². The number of nitrogens with one attached hydrogen (secondary N) is 1. The van der Waals surface area contributed by atoms with Gasteiger partial charge in [0.2, 0.25) is 11.1 Å². The Morgan fingerprint density at radius 1 is 1.36 bits per heavy atom. The molecule has 2 heterocycles. The molecule has 1 saturated heterocycles. The molecule has 0 spiro atoms. The van der Waals surface area contributed by atoms with Gasteiger partial charge in [0.15, 0.2) is 15.7 Å². The van der Waals surface area contributed by atoms with Crippen LogP contribution in [0.5, 0.6) is 0 Å². The van der Waals surface area contributed by atoms with E-state index in [9.17, 15) is 13.2 Å². The lowest BCUT2D eigenvalue weighted by Crippen LogP contribution is -2.38. The van der Waals surface area contributed by atoms with Gasteiger partial charge in [-0.05, 0) is 13.3 Å². The van der Waals surface area contributed by atoms with E-state index in [1.165, 1.54) is 22.2 Å². The SMILES string of the molecule is Cc1ccc(-c2nc(SCC(=O)N(C)[C@H]3CCS(=O)(=O)C3)n[nH]2)cc1. The number of hydrogen-bond acceptors (Lipinski definition) is 6. The maximum Gasteiger partial charge on any atom is 0.233 e. The van der Waals surface area contributed by atoms with Gasteiger partial charge >= 0.3 is 0 Å². The second-order valence-corrected chi connectivity index (χ2v) is 9.35. The Bertz CT molecular complexity index is 862. The fraction of sp³-hybridized carbons (Fsp3) is 0.438. The van der Waals surface area contributed by atoms with E-state index in [2.05, 4.69) is 15.2 Å². The van der Waals surface area contributed by atoms with Crippen LogP contribution < -0.4 is 0 Å². The predicted molar refractivity (Wildman–Crippen MR) is 97.1 cm³/mol. The second kappa shape index (κ2) is 7.17. The lowest BCUT2D eigenvalue weighted by molar-refractivity contribution is -0.128. The highest BCUT2D eigenvalue weighted by Crippen LogP contribution is 2.21. The molecule has 0 unspecified atom stereocenters. The van der Waals surface area contributed by atoms with Crippen LogP contribution in [0.25, 0.3) is 11.4 Å². The number of aryl methyl sites for hydroxylation is 1. The van der Waals surface area contributed by atoms with Gasteiger partial charge in [-0.2, -0.15) is 0 Å². The molecule has 1 atom stereocenters. The van der Waals surface area contributed by atoms with Gasteiger partial charge in [0.05, 0.1) is 17.3 Å². The Morgan fingerprint density at radius 3 is 2.72 bits per heavy atom. The van der Waals surface area contributed by atoms with Gasteiger partial charge in [-0.15, -0.1) is 5.10 Å². The van der Waals surface area contributed by atoms with E-state index in [-0.39, 0.29) is 29.2 Å². The zero-order chi connectivity index (χ0) is 18.0. The number of aromatic nitrogens is 3. The van der Waals surface area contributed by atoms with Gasteiger partial charge in [-0.25, -0.2) is 13.4 Å². The van der Waals surface area contributed by atoms with Crippen LogP contribution in [0.15, 0.2) is 29.4 Å². The fourth-order valence-corrected chi connectivity index (χ4v) is 5.16. The minimum Gasteiger partial charge on any atom is -0.341 e. The van der Waals surface area contributed by atoms with Crippen LogP contribution in [-0.2, 0) is 14.6 Å². The van der Waals surface area contributed by atoms with E-state index in [4.69, 9.17) is 0 Å². The van der Waals surface area contributed by atoms with Crippen molar-refractivity contribution in [3.63, 3.8) is 0 Å². The number of nitrogens with zero attached hydrogens (tertiary/aromatic N) is 3. The molecular formula is C16H20N4O3S2. The van der Waals surface area contributed by atoms with Crippen molar-refractivity contribution in [2.45, 2.75) is 24.5 Å². The van der Waals surface area contributed by atoms with Gasteiger partial charge in [-0.3, -0.25) is 9.89 Å². The zero-order valence-corrected chi connectivity index (χ0v) is 15.7. The second-order valence-electron chi connectivity index (χ2n) is 6.18. The molecule has 1 aliphatic rings. The van der Waals surface area contributed by atoms with Gasteiger partial charge in [0, 0.05) is 18.7 Å². The van der Waals surface area contributed by atoms with E-state index >= 15 is 0 Å². The van der Waals surface area contributed by atoms with Crippen molar-refractivity contribution >= 4 is 27.5 Å². The molecule has 1 N–H and O–H groups in total. The Balaban J connectivity index is 1.57. The average Bonchev–Trinajstić information content (AvgIpc) is 3.19. The third-order valence-electron chi connectivity index (χ3n) is 4.26. The smallest absolute Gasteiger partial charge is 0.233 e. The van der Waals surface area contributed by atoms with E-state index in [1.54, 1.807) is 7.05 Å². The van der Waals surface area contributed by atoms with Crippen molar-refractivity contribution < 1.29 is 13.2 Å². The summed E-state index contributed by atoms with van der Waals surface area (Å²) in [6.45, 7) is 2.02. The highest BCUT2D eigenvalue weighted by atomic mass is 32.2. The van der Waals surface area contributed by atoms with E-state index < -0.39 is 9.84 Å². The summed E-state index contributed by atoms with van der Waals surface area (Å²) in [5.41, 5.74) is 2.10. The summed E-state index contributed by atoms with van der Waals surface area (Å²) in [7, 11) is -1.35. The lowest BCUT2D eigenvalue weighted by Gasteiger charge is -2.22.